The van der Waals surface area contributed by atoms with E-state index in [0.717, 1.165) is 62.6 Å². The van der Waals surface area contributed by atoms with Gasteiger partial charge in [-0.15, -0.1) is 0 Å². The number of piperidine rings is 1. The lowest BCUT2D eigenvalue weighted by Gasteiger charge is -2.38. The molecule has 1 unspecified atom stereocenters. The van der Waals surface area contributed by atoms with Crippen LogP contribution < -0.4 is 4.74 Å². The fourth-order valence-electron chi connectivity index (χ4n) is 3.74. The minimum Gasteiger partial charge on any atom is -0.480 e. The lowest BCUT2D eigenvalue weighted by molar-refractivity contribution is -0.0305. The smallest absolute Gasteiger partial charge is 0.228 e. The number of aryl methyl sites for hydroxylation is 1. The maximum Gasteiger partial charge on any atom is 0.228 e. The molecular formula is C19H31N3O3S. The first kappa shape index (κ1) is 19.9. The molecular weight excluding hydrogens is 350 g/mol. The first-order chi connectivity index (χ1) is 12.5. The molecule has 3 rings (SSSR count). The van der Waals surface area contributed by atoms with Gasteiger partial charge in [0.05, 0.1) is 30.8 Å². The molecule has 2 aliphatic heterocycles. The van der Waals surface area contributed by atoms with E-state index < -0.39 is 0 Å². The second-order valence-corrected chi connectivity index (χ2v) is 8.50. The van der Waals surface area contributed by atoms with Gasteiger partial charge in [-0.25, -0.2) is 9.29 Å². The van der Waals surface area contributed by atoms with Crippen molar-refractivity contribution in [3.8, 4) is 5.88 Å². The zero-order chi connectivity index (χ0) is 18.6. The summed E-state index contributed by atoms with van der Waals surface area (Å²) >= 11 is 1.75. The zero-order valence-corrected chi connectivity index (χ0v) is 17.2. The van der Waals surface area contributed by atoms with E-state index in [2.05, 4.69) is 34.2 Å². The zero-order valence-electron chi connectivity index (χ0n) is 16.4. The summed E-state index contributed by atoms with van der Waals surface area (Å²) in [5.41, 5.74) is 1.21. The molecule has 1 aromatic rings. The number of aromatic nitrogens is 1. The normalized spacial score (nSPS) is 23.0. The second-order valence-electron chi connectivity index (χ2n) is 7.37. The van der Waals surface area contributed by atoms with Crippen LogP contribution in [0.5, 0.6) is 5.88 Å². The van der Waals surface area contributed by atoms with Crippen molar-refractivity contribution in [1.29, 1.82) is 0 Å². The minimum absolute atomic E-state index is 0.0536. The molecule has 0 bridgehead atoms. The molecule has 2 saturated heterocycles. The molecule has 0 radical (unpaired) electrons. The van der Waals surface area contributed by atoms with E-state index >= 15 is 0 Å². The van der Waals surface area contributed by atoms with Gasteiger partial charge in [0.15, 0.2) is 0 Å². The Labute approximate surface area is 161 Å². The highest BCUT2D eigenvalue weighted by Crippen LogP contribution is 2.40. The highest BCUT2D eigenvalue weighted by Gasteiger charge is 2.43. The summed E-state index contributed by atoms with van der Waals surface area (Å²) in [6.45, 7) is 6.68. The number of ether oxygens (including phenoxy) is 3. The Morgan fingerprint density at radius 2 is 2.15 bits per heavy atom. The highest BCUT2D eigenvalue weighted by atomic mass is 32.2. The van der Waals surface area contributed by atoms with Crippen LogP contribution in [0.25, 0.3) is 0 Å². The van der Waals surface area contributed by atoms with Crippen molar-refractivity contribution >= 4 is 11.9 Å². The van der Waals surface area contributed by atoms with E-state index in [9.17, 15) is 0 Å². The average molecular weight is 382 g/mol. The molecule has 7 heteroatoms. The molecule has 1 aromatic heterocycles. The van der Waals surface area contributed by atoms with Crippen LogP contribution in [0.15, 0.2) is 17.2 Å². The van der Waals surface area contributed by atoms with Gasteiger partial charge in [0, 0.05) is 39.0 Å². The van der Waals surface area contributed by atoms with Crippen molar-refractivity contribution < 1.29 is 14.2 Å². The van der Waals surface area contributed by atoms with Gasteiger partial charge < -0.3 is 14.2 Å². The maximum absolute atomic E-state index is 6.30. The van der Waals surface area contributed by atoms with Gasteiger partial charge in [-0.1, -0.05) is 0 Å². The molecule has 0 aliphatic carbocycles. The van der Waals surface area contributed by atoms with E-state index in [4.69, 9.17) is 14.2 Å². The molecule has 0 amide bonds. The van der Waals surface area contributed by atoms with Gasteiger partial charge in [-0.2, -0.15) is 0 Å². The molecule has 6 nitrogen and oxygen atoms in total. The summed E-state index contributed by atoms with van der Waals surface area (Å²) in [5, 5.41) is 0. The molecule has 3 heterocycles. The van der Waals surface area contributed by atoms with E-state index in [1.165, 1.54) is 0 Å². The van der Waals surface area contributed by atoms with Crippen molar-refractivity contribution in [3.63, 3.8) is 0 Å². The van der Waals surface area contributed by atoms with E-state index in [0.29, 0.717) is 11.9 Å². The predicted molar refractivity (Wildman–Crippen MR) is 104 cm³/mol. The Balaban J connectivity index is 1.53. The van der Waals surface area contributed by atoms with Gasteiger partial charge in [0.1, 0.15) is 0 Å². The van der Waals surface area contributed by atoms with Crippen LogP contribution in [0.4, 0.5) is 0 Å². The molecule has 0 N–H and O–H groups in total. The van der Waals surface area contributed by atoms with Crippen molar-refractivity contribution in [1.82, 2.24) is 14.2 Å². The van der Waals surface area contributed by atoms with Gasteiger partial charge in [0.2, 0.25) is 5.88 Å². The third-order valence-corrected chi connectivity index (χ3v) is 6.58. The largest absolute Gasteiger partial charge is 0.480 e. The molecule has 2 aliphatic rings. The van der Waals surface area contributed by atoms with Crippen molar-refractivity contribution in [2.75, 3.05) is 54.1 Å². The molecule has 146 valence electrons. The van der Waals surface area contributed by atoms with Crippen molar-refractivity contribution in [2.45, 2.75) is 42.7 Å². The standard InChI is InChI=1S/C19H31N3O3S/c1-15-11-17(18(24-4)20-13-15)26-22-7-5-19(6-8-22)12-16(14-25-19)21(2)9-10-23-3/h11,13,16H,5-10,12,14H2,1-4H3. The van der Waals surface area contributed by atoms with E-state index in [1.54, 1.807) is 26.2 Å². The Bertz CT molecular complexity index is 593. The summed E-state index contributed by atoms with van der Waals surface area (Å²) in [6, 6.07) is 2.65. The highest BCUT2D eigenvalue weighted by molar-refractivity contribution is 7.97. The number of pyridine rings is 1. The van der Waals surface area contributed by atoms with Crippen LogP contribution in [-0.4, -0.2) is 79.9 Å². The van der Waals surface area contributed by atoms with Crippen molar-refractivity contribution in [2.24, 2.45) is 0 Å². The fourth-order valence-corrected chi connectivity index (χ4v) is 4.84. The molecule has 2 fully saturated rings. The summed E-state index contributed by atoms with van der Waals surface area (Å²) in [4.78, 5) is 7.85. The number of likely N-dealkylation sites (N-methyl/N-ethyl adjacent to an activating group) is 1. The van der Waals surface area contributed by atoms with Gasteiger partial charge >= 0.3 is 0 Å². The Kier molecular flexibility index (Phi) is 6.80. The third kappa shape index (κ3) is 4.70. The number of rotatable bonds is 7. The lowest BCUT2D eigenvalue weighted by Crippen LogP contribution is -2.42. The number of methoxy groups -OCH3 is 2. The molecule has 1 spiro atoms. The molecule has 0 saturated carbocycles. The van der Waals surface area contributed by atoms with Gasteiger partial charge in [-0.3, -0.25) is 4.90 Å². The van der Waals surface area contributed by atoms with E-state index in [-0.39, 0.29) is 5.60 Å². The summed E-state index contributed by atoms with van der Waals surface area (Å²) < 4.78 is 19.3. The minimum atomic E-state index is 0.0536. The lowest BCUT2D eigenvalue weighted by atomic mass is 9.88. The Morgan fingerprint density at radius 3 is 2.85 bits per heavy atom. The molecule has 26 heavy (non-hydrogen) atoms. The second kappa shape index (κ2) is 8.89. The Hall–Kier alpha value is -0.860. The number of hydrogen-bond acceptors (Lipinski definition) is 7. The van der Waals surface area contributed by atoms with Crippen molar-refractivity contribution in [3.05, 3.63) is 17.8 Å². The summed E-state index contributed by atoms with van der Waals surface area (Å²) in [5.74, 6) is 0.706. The molecule has 0 aromatic carbocycles. The number of hydrogen-bond donors (Lipinski definition) is 0. The SMILES string of the molecule is COCCN(C)C1COC2(CCN(Sc3cc(C)cnc3OC)CC2)C1. The van der Waals surface area contributed by atoms with E-state index in [1.807, 2.05) is 6.20 Å². The monoisotopic (exact) mass is 381 g/mol. The van der Waals surface area contributed by atoms with Gasteiger partial charge in [-0.05, 0) is 56.8 Å². The third-order valence-electron chi connectivity index (χ3n) is 5.47. The average Bonchev–Trinajstić information content (AvgIpc) is 3.06. The van der Waals surface area contributed by atoms with Crippen LogP contribution in [-0.2, 0) is 9.47 Å². The van der Waals surface area contributed by atoms with Crippen LogP contribution in [0, 0.1) is 6.92 Å². The topological polar surface area (TPSA) is 47.1 Å². The van der Waals surface area contributed by atoms with Crippen LogP contribution in [0.3, 0.4) is 0 Å². The molecule has 1 atom stereocenters. The summed E-state index contributed by atoms with van der Waals surface area (Å²) in [7, 11) is 5.61. The first-order valence-electron chi connectivity index (χ1n) is 9.32. The number of nitrogens with zero attached hydrogens (tertiary/aromatic N) is 3. The summed E-state index contributed by atoms with van der Waals surface area (Å²) in [6.07, 6.45) is 5.13. The van der Waals surface area contributed by atoms with Crippen LogP contribution >= 0.6 is 11.9 Å². The van der Waals surface area contributed by atoms with Crippen LogP contribution in [0.1, 0.15) is 24.8 Å². The predicted octanol–water partition coefficient (Wildman–Crippen LogP) is 2.61. The Morgan fingerprint density at radius 1 is 1.38 bits per heavy atom. The quantitative estimate of drug-likeness (QED) is 0.673. The first-order valence-corrected chi connectivity index (χ1v) is 10.1. The van der Waals surface area contributed by atoms with Crippen LogP contribution in [0.2, 0.25) is 0 Å². The fraction of sp³-hybridized carbons (Fsp3) is 0.737. The van der Waals surface area contributed by atoms with Gasteiger partial charge in [0.25, 0.3) is 0 Å². The maximum atomic E-state index is 6.30.